The number of halogens is 1. The first-order valence-electron chi connectivity index (χ1n) is 7.79. The van der Waals surface area contributed by atoms with Crippen LogP contribution < -0.4 is 5.32 Å². The molecule has 0 unspecified atom stereocenters. The molecular formula is C18H16BrN5O2. The SMILES string of the molecule is CN(CC(=O)Nc1ccccc1Br)C(=O)c1ccc(-n2ccnc2)nc1. The van der Waals surface area contributed by atoms with Crippen LogP contribution in [0.25, 0.3) is 5.82 Å². The minimum atomic E-state index is -0.282. The van der Waals surface area contributed by atoms with E-state index in [2.05, 4.69) is 31.2 Å². The summed E-state index contributed by atoms with van der Waals surface area (Å²) in [5, 5.41) is 2.77. The zero-order valence-electron chi connectivity index (χ0n) is 14.0. The largest absolute Gasteiger partial charge is 0.332 e. The van der Waals surface area contributed by atoms with Crippen LogP contribution in [0.4, 0.5) is 5.69 Å². The van der Waals surface area contributed by atoms with E-state index in [4.69, 9.17) is 0 Å². The number of aromatic nitrogens is 3. The number of amides is 2. The lowest BCUT2D eigenvalue weighted by atomic mass is 10.2. The van der Waals surface area contributed by atoms with Crippen LogP contribution in [-0.2, 0) is 4.79 Å². The zero-order valence-corrected chi connectivity index (χ0v) is 15.5. The first-order valence-corrected chi connectivity index (χ1v) is 8.58. The second-order valence-corrected chi connectivity index (χ2v) is 6.42. The lowest BCUT2D eigenvalue weighted by molar-refractivity contribution is -0.116. The molecule has 1 N–H and O–H groups in total. The van der Waals surface area contributed by atoms with Crippen LogP contribution in [-0.4, -0.2) is 44.8 Å². The number of anilines is 1. The molecule has 0 radical (unpaired) electrons. The smallest absolute Gasteiger partial charge is 0.255 e. The van der Waals surface area contributed by atoms with E-state index in [0.29, 0.717) is 17.1 Å². The summed E-state index contributed by atoms with van der Waals surface area (Å²) in [7, 11) is 1.58. The lowest BCUT2D eigenvalue weighted by Gasteiger charge is -2.17. The number of nitrogens with zero attached hydrogens (tertiary/aromatic N) is 4. The number of carbonyl (C=O) groups is 2. The maximum Gasteiger partial charge on any atom is 0.255 e. The number of benzene rings is 1. The number of nitrogens with one attached hydrogen (secondary N) is 1. The van der Waals surface area contributed by atoms with Crippen LogP contribution in [0.2, 0.25) is 0 Å². The zero-order chi connectivity index (χ0) is 18.5. The molecule has 3 rings (SSSR count). The van der Waals surface area contributed by atoms with E-state index in [9.17, 15) is 9.59 Å². The maximum absolute atomic E-state index is 12.5. The molecule has 8 heteroatoms. The Morgan fingerprint density at radius 2 is 2.04 bits per heavy atom. The fourth-order valence-corrected chi connectivity index (χ4v) is 2.70. The van der Waals surface area contributed by atoms with Crippen molar-refractivity contribution >= 4 is 33.4 Å². The molecule has 0 spiro atoms. The Bertz CT molecular complexity index is 910. The molecule has 1 aromatic carbocycles. The molecule has 132 valence electrons. The fraction of sp³-hybridized carbons (Fsp3) is 0.111. The van der Waals surface area contributed by atoms with Gasteiger partial charge >= 0.3 is 0 Å². The average Bonchev–Trinajstić information content (AvgIpc) is 3.18. The third-order valence-corrected chi connectivity index (χ3v) is 4.33. The van der Waals surface area contributed by atoms with Gasteiger partial charge < -0.3 is 10.2 Å². The third kappa shape index (κ3) is 4.15. The summed E-state index contributed by atoms with van der Waals surface area (Å²) in [4.78, 5) is 34.2. The van der Waals surface area contributed by atoms with Crippen LogP contribution in [0.15, 0.2) is 65.8 Å². The van der Waals surface area contributed by atoms with Crippen molar-refractivity contribution in [1.29, 1.82) is 0 Å². The fourth-order valence-electron chi connectivity index (χ4n) is 2.32. The standard InChI is InChI=1S/C18H16BrN5O2/c1-23(11-17(25)22-15-5-3-2-4-14(15)19)18(26)13-6-7-16(21-10-13)24-9-8-20-12-24/h2-10,12H,11H2,1H3,(H,22,25). The molecule has 26 heavy (non-hydrogen) atoms. The summed E-state index contributed by atoms with van der Waals surface area (Å²) in [5.41, 5.74) is 1.06. The van der Waals surface area contributed by atoms with Gasteiger partial charge in [0, 0.05) is 30.1 Å². The summed E-state index contributed by atoms with van der Waals surface area (Å²) in [6, 6.07) is 10.7. The Morgan fingerprint density at radius 1 is 1.23 bits per heavy atom. The normalized spacial score (nSPS) is 10.4. The number of hydrogen-bond donors (Lipinski definition) is 1. The van der Waals surface area contributed by atoms with Gasteiger partial charge in [0.05, 0.1) is 17.8 Å². The van der Waals surface area contributed by atoms with Crippen molar-refractivity contribution < 1.29 is 9.59 Å². The predicted molar refractivity (Wildman–Crippen MR) is 101 cm³/mol. The Morgan fingerprint density at radius 3 is 2.69 bits per heavy atom. The Hall–Kier alpha value is -3.00. The summed E-state index contributed by atoms with van der Waals surface area (Å²) < 4.78 is 2.52. The van der Waals surface area contributed by atoms with Crippen molar-refractivity contribution in [1.82, 2.24) is 19.4 Å². The molecule has 0 aliphatic heterocycles. The molecule has 0 fully saturated rings. The number of para-hydroxylation sites is 1. The summed E-state index contributed by atoms with van der Waals surface area (Å²) in [6.07, 6.45) is 6.53. The Kier molecular flexibility index (Phi) is 5.43. The van der Waals surface area contributed by atoms with E-state index in [1.54, 1.807) is 48.5 Å². The number of likely N-dealkylation sites (N-methyl/N-ethyl adjacent to an activating group) is 1. The third-order valence-electron chi connectivity index (χ3n) is 3.64. The molecule has 3 aromatic rings. The summed E-state index contributed by atoms with van der Waals surface area (Å²) in [5.74, 6) is 0.0982. The maximum atomic E-state index is 12.5. The molecule has 0 saturated carbocycles. The number of carbonyl (C=O) groups excluding carboxylic acids is 2. The Labute approximate surface area is 158 Å². The van der Waals surface area contributed by atoms with Crippen LogP contribution in [0.5, 0.6) is 0 Å². The summed E-state index contributed by atoms with van der Waals surface area (Å²) >= 11 is 3.37. The first kappa shape index (κ1) is 17.8. The second-order valence-electron chi connectivity index (χ2n) is 5.56. The number of pyridine rings is 1. The van der Waals surface area contributed by atoms with Gasteiger partial charge in [0.2, 0.25) is 5.91 Å². The van der Waals surface area contributed by atoms with E-state index in [-0.39, 0.29) is 18.4 Å². The molecule has 7 nitrogen and oxygen atoms in total. The second kappa shape index (κ2) is 7.92. The first-order chi connectivity index (χ1) is 12.5. The van der Waals surface area contributed by atoms with Gasteiger partial charge in [0.25, 0.3) is 5.91 Å². The van der Waals surface area contributed by atoms with E-state index in [1.165, 1.54) is 11.1 Å². The minimum Gasteiger partial charge on any atom is -0.332 e. The highest BCUT2D eigenvalue weighted by atomic mass is 79.9. The highest BCUT2D eigenvalue weighted by Crippen LogP contribution is 2.21. The van der Waals surface area contributed by atoms with E-state index >= 15 is 0 Å². The average molecular weight is 414 g/mol. The molecule has 0 aliphatic rings. The van der Waals surface area contributed by atoms with Crippen molar-refractivity contribution in [2.45, 2.75) is 0 Å². The van der Waals surface area contributed by atoms with Gasteiger partial charge in [-0.05, 0) is 40.2 Å². The number of imidazole rings is 1. The molecule has 0 bridgehead atoms. The van der Waals surface area contributed by atoms with Gasteiger partial charge in [-0.1, -0.05) is 12.1 Å². The van der Waals surface area contributed by atoms with E-state index in [0.717, 1.165) is 4.47 Å². The molecule has 2 aromatic heterocycles. The van der Waals surface area contributed by atoms with Crippen molar-refractivity contribution in [2.24, 2.45) is 0 Å². The quantitative estimate of drug-likeness (QED) is 0.697. The molecule has 0 aliphatic carbocycles. The van der Waals surface area contributed by atoms with Crippen LogP contribution in [0, 0.1) is 0 Å². The molecule has 0 saturated heterocycles. The number of hydrogen-bond acceptors (Lipinski definition) is 4. The van der Waals surface area contributed by atoms with Crippen LogP contribution >= 0.6 is 15.9 Å². The predicted octanol–water partition coefficient (Wildman–Crippen LogP) is 2.74. The summed E-state index contributed by atoms with van der Waals surface area (Å²) in [6.45, 7) is -0.0660. The van der Waals surface area contributed by atoms with E-state index < -0.39 is 0 Å². The highest BCUT2D eigenvalue weighted by Gasteiger charge is 2.16. The van der Waals surface area contributed by atoms with Gasteiger partial charge in [-0.2, -0.15) is 0 Å². The lowest BCUT2D eigenvalue weighted by Crippen LogP contribution is -2.35. The van der Waals surface area contributed by atoms with Gasteiger partial charge in [-0.3, -0.25) is 14.2 Å². The van der Waals surface area contributed by atoms with Gasteiger partial charge in [-0.25, -0.2) is 9.97 Å². The number of rotatable bonds is 5. The van der Waals surface area contributed by atoms with E-state index in [1.807, 2.05) is 18.2 Å². The van der Waals surface area contributed by atoms with Crippen molar-refractivity contribution in [3.63, 3.8) is 0 Å². The molecule has 2 amide bonds. The van der Waals surface area contributed by atoms with Crippen LogP contribution in [0.1, 0.15) is 10.4 Å². The highest BCUT2D eigenvalue weighted by molar-refractivity contribution is 9.10. The molecule has 2 heterocycles. The minimum absolute atomic E-state index is 0.0660. The van der Waals surface area contributed by atoms with Gasteiger partial charge in [-0.15, -0.1) is 0 Å². The molecule has 0 atom stereocenters. The Balaban J connectivity index is 1.62. The molecular weight excluding hydrogens is 398 g/mol. The van der Waals surface area contributed by atoms with Gasteiger partial charge in [0.15, 0.2) is 0 Å². The van der Waals surface area contributed by atoms with Gasteiger partial charge in [0.1, 0.15) is 12.1 Å². The monoisotopic (exact) mass is 413 g/mol. The topological polar surface area (TPSA) is 80.1 Å². The van der Waals surface area contributed by atoms with Crippen molar-refractivity contribution in [3.8, 4) is 5.82 Å². The van der Waals surface area contributed by atoms with Crippen molar-refractivity contribution in [3.05, 3.63) is 71.4 Å². The van der Waals surface area contributed by atoms with Crippen molar-refractivity contribution in [2.75, 3.05) is 18.9 Å². The van der Waals surface area contributed by atoms with Crippen LogP contribution in [0.3, 0.4) is 0 Å².